The standard InChI is InChI=1S/C14H15N3O3/c1-3-10-4-6-11(7-5-10)13(18)15-16-14(19)12-8-9(2)17-20-12/h4-8H,3H2,1-2H3,(H,15,18)(H,16,19). The Morgan fingerprint density at radius 2 is 1.80 bits per heavy atom. The molecule has 0 atom stereocenters. The minimum absolute atomic E-state index is 0.0455. The summed E-state index contributed by atoms with van der Waals surface area (Å²) in [7, 11) is 0. The highest BCUT2D eigenvalue weighted by Gasteiger charge is 2.13. The van der Waals surface area contributed by atoms with Gasteiger partial charge in [0.1, 0.15) is 0 Å². The smallest absolute Gasteiger partial charge is 0.308 e. The molecular weight excluding hydrogens is 258 g/mol. The van der Waals surface area contributed by atoms with Gasteiger partial charge in [0.05, 0.1) is 5.69 Å². The molecule has 2 N–H and O–H groups in total. The van der Waals surface area contributed by atoms with E-state index in [9.17, 15) is 9.59 Å². The Hall–Kier alpha value is -2.63. The second-order valence-electron chi connectivity index (χ2n) is 4.29. The number of carbonyl (C=O) groups excluding carboxylic acids is 2. The predicted octanol–water partition coefficient (Wildman–Crippen LogP) is 1.62. The molecule has 0 radical (unpaired) electrons. The Kier molecular flexibility index (Phi) is 4.14. The first kappa shape index (κ1) is 13.8. The molecule has 0 saturated carbocycles. The Morgan fingerprint density at radius 1 is 1.15 bits per heavy atom. The van der Waals surface area contributed by atoms with Crippen LogP contribution in [0.25, 0.3) is 0 Å². The zero-order valence-corrected chi connectivity index (χ0v) is 11.3. The lowest BCUT2D eigenvalue weighted by molar-refractivity contribution is 0.0825. The minimum Gasteiger partial charge on any atom is -0.351 e. The van der Waals surface area contributed by atoms with Crippen LogP contribution < -0.4 is 10.9 Å². The van der Waals surface area contributed by atoms with E-state index in [-0.39, 0.29) is 5.76 Å². The van der Waals surface area contributed by atoms with E-state index in [1.165, 1.54) is 6.07 Å². The minimum atomic E-state index is -0.552. The van der Waals surface area contributed by atoms with E-state index in [2.05, 4.69) is 16.0 Å². The summed E-state index contributed by atoms with van der Waals surface area (Å²) in [4.78, 5) is 23.4. The number of carbonyl (C=O) groups is 2. The number of nitrogens with zero attached hydrogens (tertiary/aromatic N) is 1. The molecule has 1 heterocycles. The Labute approximate surface area is 116 Å². The van der Waals surface area contributed by atoms with Crippen LogP contribution in [0.4, 0.5) is 0 Å². The highest BCUT2D eigenvalue weighted by atomic mass is 16.5. The van der Waals surface area contributed by atoms with Gasteiger partial charge in [-0.25, -0.2) is 0 Å². The van der Waals surface area contributed by atoms with Crippen LogP contribution in [0.3, 0.4) is 0 Å². The van der Waals surface area contributed by atoms with Crippen molar-refractivity contribution >= 4 is 11.8 Å². The van der Waals surface area contributed by atoms with E-state index in [0.29, 0.717) is 11.3 Å². The Bertz CT molecular complexity index is 617. The van der Waals surface area contributed by atoms with E-state index in [4.69, 9.17) is 4.52 Å². The lowest BCUT2D eigenvalue weighted by Crippen LogP contribution is -2.41. The van der Waals surface area contributed by atoms with Crippen LogP contribution in [0, 0.1) is 6.92 Å². The van der Waals surface area contributed by atoms with Crippen molar-refractivity contribution < 1.29 is 14.1 Å². The lowest BCUT2D eigenvalue weighted by atomic mass is 10.1. The molecule has 2 amide bonds. The average molecular weight is 273 g/mol. The van der Waals surface area contributed by atoms with Crippen molar-refractivity contribution in [2.45, 2.75) is 20.3 Å². The van der Waals surface area contributed by atoms with Gasteiger partial charge in [-0.3, -0.25) is 20.4 Å². The van der Waals surface area contributed by atoms with Crippen LogP contribution in [0.1, 0.15) is 39.1 Å². The third-order valence-electron chi connectivity index (χ3n) is 2.77. The van der Waals surface area contributed by atoms with Gasteiger partial charge in [0.15, 0.2) is 0 Å². The number of aryl methyl sites for hydroxylation is 2. The molecule has 0 fully saturated rings. The zero-order valence-electron chi connectivity index (χ0n) is 11.3. The fourth-order valence-electron chi connectivity index (χ4n) is 1.61. The van der Waals surface area contributed by atoms with Gasteiger partial charge in [-0.15, -0.1) is 0 Å². The van der Waals surface area contributed by atoms with Gasteiger partial charge >= 0.3 is 5.91 Å². The van der Waals surface area contributed by atoms with Crippen LogP contribution in [-0.2, 0) is 6.42 Å². The van der Waals surface area contributed by atoms with Crippen molar-refractivity contribution in [1.29, 1.82) is 0 Å². The van der Waals surface area contributed by atoms with E-state index in [1.54, 1.807) is 19.1 Å². The van der Waals surface area contributed by atoms with Crippen molar-refractivity contribution in [3.8, 4) is 0 Å². The number of aromatic nitrogens is 1. The van der Waals surface area contributed by atoms with Crippen molar-refractivity contribution in [3.63, 3.8) is 0 Å². The number of rotatable bonds is 3. The van der Waals surface area contributed by atoms with Crippen LogP contribution in [0.5, 0.6) is 0 Å². The lowest BCUT2D eigenvalue weighted by Gasteiger charge is -2.06. The highest BCUT2D eigenvalue weighted by molar-refractivity contribution is 5.97. The molecule has 0 unspecified atom stereocenters. The van der Waals surface area contributed by atoms with E-state index < -0.39 is 11.8 Å². The Morgan fingerprint density at radius 3 is 2.35 bits per heavy atom. The number of amides is 2. The van der Waals surface area contributed by atoms with Crippen molar-refractivity contribution in [2.75, 3.05) is 0 Å². The molecule has 0 aliphatic carbocycles. The molecule has 2 aromatic rings. The third kappa shape index (κ3) is 3.23. The second-order valence-corrected chi connectivity index (χ2v) is 4.29. The van der Waals surface area contributed by atoms with E-state index in [0.717, 1.165) is 12.0 Å². The fraction of sp³-hybridized carbons (Fsp3) is 0.214. The molecule has 2 rings (SSSR count). The van der Waals surface area contributed by atoms with E-state index >= 15 is 0 Å². The normalized spacial score (nSPS) is 10.1. The van der Waals surface area contributed by atoms with Gasteiger partial charge in [-0.1, -0.05) is 24.2 Å². The van der Waals surface area contributed by atoms with Crippen LogP contribution in [0.2, 0.25) is 0 Å². The van der Waals surface area contributed by atoms with Crippen LogP contribution >= 0.6 is 0 Å². The molecule has 0 saturated heterocycles. The van der Waals surface area contributed by atoms with Crippen LogP contribution in [-0.4, -0.2) is 17.0 Å². The van der Waals surface area contributed by atoms with E-state index in [1.807, 2.05) is 19.1 Å². The summed E-state index contributed by atoms with van der Waals surface area (Å²) < 4.78 is 4.78. The predicted molar refractivity (Wildman–Crippen MR) is 72.0 cm³/mol. The van der Waals surface area contributed by atoms with Gasteiger partial charge in [0.2, 0.25) is 5.76 Å². The first-order valence-corrected chi connectivity index (χ1v) is 6.23. The number of benzene rings is 1. The number of nitrogens with one attached hydrogen (secondary N) is 2. The SMILES string of the molecule is CCc1ccc(C(=O)NNC(=O)c2cc(C)no2)cc1. The molecule has 1 aromatic heterocycles. The molecule has 6 heteroatoms. The molecule has 0 bridgehead atoms. The van der Waals surface area contributed by atoms with Gasteiger partial charge in [-0.2, -0.15) is 0 Å². The fourth-order valence-corrected chi connectivity index (χ4v) is 1.61. The maximum Gasteiger partial charge on any atom is 0.308 e. The molecular formula is C14H15N3O3. The van der Waals surface area contributed by atoms with Gasteiger partial charge in [-0.05, 0) is 31.0 Å². The topological polar surface area (TPSA) is 84.2 Å². The van der Waals surface area contributed by atoms with Crippen molar-refractivity contribution in [3.05, 3.63) is 52.9 Å². The monoisotopic (exact) mass is 273 g/mol. The second kappa shape index (κ2) is 6.01. The molecule has 0 aliphatic heterocycles. The van der Waals surface area contributed by atoms with Crippen LogP contribution in [0.15, 0.2) is 34.9 Å². The average Bonchev–Trinajstić information content (AvgIpc) is 2.91. The number of hydrogen-bond acceptors (Lipinski definition) is 4. The number of hydrogen-bond donors (Lipinski definition) is 2. The highest BCUT2D eigenvalue weighted by Crippen LogP contribution is 2.05. The summed E-state index contributed by atoms with van der Waals surface area (Å²) in [6.07, 6.45) is 0.906. The zero-order chi connectivity index (χ0) is 14.5. The first-order chi connectivity index (χ1) is 9.60. The molecule has 104 valence electrons. The maximum atomic E-state index is 11.8. The summed E-state index contributed by atoms with van der Waals surface area (Å²) in [6, 6.07) is 8.64. The van der Waals surface area contributed by atoms with Crippen molar-refractivity contribution in [1.82, 2.24) is 16.0 Å². The third-order valence-corrected chi connectivity index (χ3v) is 2.77. The quantitative estimate of drug-likeness (QED) is 0.832. The molecule has 20 heavy (non-hydrogen) atoms. The summed E-state index contributed by atoms with van der Waals surface area (Å²) in [5, 5.41) is 3.59. The summed E-state index contributed by atoms with van der Waals surface area (Å²) in [5.41, 5.74) is 6.79. The molecule has 6 nitrogen and oxygen atoms in total. The molecule has 0 aliphatic rings. The van der Waals surface area contributed by atoms with Gasteiger partial charge in [0, 0.05) is 11.6 Å². The van der Waals surface area contributed by atoms with Gasteiger partial charge in [0.25, 0.3) is 5.91 Å². The maximum absolute atomic E-state index is 11.8. The Balaban J connectivity index is 1.92. The van der Waals surface area contributed by atoms with Crippen molar-refractivity contribution in [2.24, 2.45) is 0 Å². The summed E-state index contributed by atoms with van der Waals surface area (Å²) in [6.45, 7) is 3.74. The largest absolute Gasteiger partial charge is 0.351 e. The molecule has 1 aromatic carbocycles. The summed E-state index contributed by atoms with van der Waals surface area (Å²) >= 11 is 0. The first-order valence-electron chi connectivity index (χ1n) is 6.23. The van der Waals surface area contributed by atoms with Gasteiger partial charge < -0.3 is 4.52 Å². The summed E-state index contributed by atoms with van der Waals surface area (Å²) in [5.74, 6) is -0.898. The number of hydrazine groups is 1. The molecule has 0 spiro atoms.